The zero-order valence-corrected chi connectivity index (χ0v) is 7.58. The maximum absolute atomic E-state index is 5.80. The quantitative estimate of drug-likeness (QED) is 0.778. The lowest BCUT2D eigenvalue weighted by Crippen LogP contribution is -2.22. The van der Waals surface area contributed by atoms with E-state index in [1.807, 2.05) is 6.92 Å². The monoisotopic (exact) mass is 186 g/mol. The number of nitrogens with zero attached hydrogens (tertiary/aromatic N) is 1. The molecule has 3 nitrogen and oxygen atoms in total. The van der Waals surface area contributed by atoms with E-state index in [-0.39, 0.29) is 6.10 Å². The molecule has 1 aromatic rings. The molecule has 0 aliphatic heterocycles. The van der Waals surface area contributed by atoms with Gasteiger partial charge in [0, 0.05) is 25.0 Å². The second-order valence-electron chi connectivity index (χ2n) is 2.47. The van der Waals surface area contributed by atoms with Gasteiger partial charge in [-0.2, -0.15) is 0 Å². The molecule has 0 spiro atoms. The Morgan fingerprint density at radius 3 is 3.08 bits per heavy atom. The summed E-state index contributed by atoms with van der Waals surface area (Å²) in [6, 6.07) is 1.72. The normalized spacial score (nSPS) is 12.6. The number of rotatable bonds is 3. The lowest BCUT2D eigenvalue weighted by molar-refractivity contribution is 0.230. The van der Waals surface area contributed by atoms with Crippen molar-refractivity contribution in [1.82, 2.24) is 4.98 Å². The standard InChI is InChI=1S/C8H11ClN2O/c1-6(4-10)12-8-2-3-11-5-7(8)9/h2-3,5-6H,4,10H2,1H3. The average Bonchev–Trinajstić information content (AvgIpc) is 2.09. The lowest BCUT2D eigenvalue weighted by Gasteiger charge is -2.12. The van der Waals surface area contributed by atoms with Gasteiger partial charge in [0.05, 0.1) is 0 Å². The van der Waals surface area contributed by atoms with Gasteiger partial charge in [0.2, 0.25) is 0 Å². The molecule has 1 heterocycles. The largest absolute Gasteiger partial charge is 0.488 e. The molecule has 0 aliphatic rings. The summed E-state index contributed by atoms with van der Waals surface area (Å²) in [6.07, 6.45) is 3.15. The molecule has 0 radical (unpaired) electrons. The molecule has 0 bridgehead atoms. The van der Waals surface area contributed by atoms with Gasteiger partial charge >= 0.3 is 0 Å². The first-order valence-corrected chi connectivity index (χ1v) is 4.08. The van der Waals surface area contributed by atoms with Gasteiger partial charge in [-0.3, -0.25) is 4.98 Å². The minimum atomic E-state index is -0.0232. The predicted molar refractivity (Wildman–Crippen MR) is 48.4 cm³/mol. The van der Waals surface area contributed by atoms with E-state index in [0.717, 1.165) is 0 Å². The number of nitrogens with two attached hydrogens (primary N) is 1. The van der Waals surface area contributed by atoms with Crippen LogP contribution in [0.3, 0.4) is 0 Å². The molecular formula is C8H11ClN2O. The van der Waals surface area contributed by atoms with Crippen molar-refractivity contribution in [2.24, 2.45) is 5.73 Å². The number of hydrogen-bond acceptors (Lipinski definition) is 3. The first kappa shape index (κ1) is 9.29. The van der Waals surface area contributed by atoms with Crippen molar-refractivity contribution in [2.45, 2.75) is 13.0 Å². The topological polar surface area (TPSA) is 48.1 Å². The summed E-state index contributed by atoms with van der Waals surface area (Å²) in [7, 11) is 0. The highest BCUT2D eigenvalue weighted by atomic mass is 35.5. The lowest BCUT2D eigenvalue weighted by atomic mass is 10.4. The molecule has 1 aromatic heterocycles. The molecule has 0 aromatic carbocycles. The van der Waals surface area contributed by atoms with Gasteiger partial charge in [-0.1, -0.05) is 11.6 Å². The first-order chi connectivity index (χ1) is 5.74. The van der Waals surface area contributed by atoms with Crippen molar-refractivity contribution < 1.29 is 4.74 Å². The van der Waals surface area contributed by atoms with Crippen LogP contribution in [0.4, 0.5) is 0 Å². The molecule has 0 aliphatic carbocycles. The van der Waals surface area contributed by atoms with Crippen LogP contribution in [0.15, 0.2) is 18.5 Å². The van der Waals surface area contributed by atoms with E-state index in [4.69, 9.17) is 22.1 Å². The first-order valence-electron chi connectivity index (χ1n) is 3.70. The Balaban J connectivity index is 2.69. The van der Waals surface area contributed by atoms with Gasteiger partial charge in [-0.15, -0.1) is 0 Å². The molecule has 12 heavy (non-hydrogen) atoms. The smallest absolute Gasteiger partial charge is 0.141 e. The van der Waals surface area contributed by atoms with Crippen LogP contribution in [-0.4, -0.2) is 17.6 Å². The summed E-state index contributed by atoms with van der Waals surface area (Å²) < 4.78 is 5.40. The van der Waals surface area contributed by atoms with Crippen LogP contribution in [0.1, 0.15) is 6.92 Å². The molecule has 0 amide bonds. The van der Waals surface area contributed by atoms with Crippen molar-refractivity contribution in [3.63, 3.8) is 0 Å². The summed E-state index contributed by atoms with van der Waals surface area (Å²) in [6.45, 7) is 2.36. The molecule has 0 saturated heterocycles. The molecule has 0 fully saturated rings. The summed E-state index contributed by atoms with van der Waals surface area (Å²) in [4.78, 5) is 3.83. The number of hydrogen-bond donors (Lipinski definition) is 1. The predicted octanol–water partition coefficient (Wildman–Crippen LogP) is 1.46. The van der Waals surface area contributed by atoms with Gasteiger partial charge in [0.25, 0.3) is 0 Å². The minimum Gasteiger partial charge on any atom is -0.488 e. The Bertz CT molecular complexity index is 255. The summed E-state index contributed by atoms with van der Waals surface area (Å²) >= 11 is 5.80. The number of halogens is 1. The Labute approximate surface area is 76.5 Å². The summed E-state index contributed by atoms with van der Waals surface area (Å²) in [5.74, 6) is 0.629. The Morgan fingerprint density at radius 1 is 1.75 bits per heavy atom. The minimum absolute atomic E-state index is 0.0232. The van der Waals surface area contributed by atoms with Crippen molar-refractivity contribution in [3.05, 3.63) is 23.5 Å². The zero-order valence-electron chi connectivity index (χ0n) is 6.83. The van der Waals surface area contributed by atoms with Crippen LogP contribution in [-0.2, 0) is 0 Å². The highest BCUT2D eigenvalue weighted by molar-refractivity contribution is 6.31. The maximum Gasteiger partial charge on any atom is 0.141 e. The van der Waals surface area contributed by atoms with Crippen LogP contribution >= 0.6 is 11.6 Å². The summed E-state index contributed by atoms with van der Waals surface area (Å²) in [5.41, 5.74) is 5.39. The van der Waals surface area contributed by atoms with Crippen LogP contribution in [0.2, 0.25) is 5.02 Å². The van der Waals surface area contributed by atoms with Gasteiger partial charge in [-0.05, 0) is 6.92 Å². The van der Waals surface area contributed by atoms with Crippen LogP contribution in [0.25, 0.3) is 0 Å². The average molecular weight is 187 g/mol. The molecule has 1 atom stereocenters. The van der Waals surface area contributed by atoms with E-state index in [0.29, 0.717) is 17.3 Å². The van der Waals surface area contributed by atoms with Crippen LogP contribution in [0.5, 0.6) is 5.75 Å². The Hall–Kier alpha value is -0.800. The fraction of sp³-hybridized carbons (Fsp3) is 0.375. The Kier molecular flexibility index (Phi) is 3.31. The van der Waals surface area contributed by atoms with Crippen molar-refractivity contribution in [2.75, 3.05) is 6.54 Å². The van der Waals surface area contributed by atoms with Crippen LogP contribution in [0, 0.1) is 0 Å². The molecule has 0 saturated carbocycles. The van der Waals surface area contributed by atoms with E-state index >= 15 is 0 Å². The highest BCUT2D eigenvalue weighted by Gasteiger charge is 2.04. The van der Waals surface area contributed by atoms with E-state index in [1.165, 1.54) is 0 Å². The second-order valence-corrected chi connectivity index (χ2v) is 2.88. The SMILES string of the molecule is CC(CN)Oc1ccncc1Cl. The van der Waals surface area contributed by atoms with Gasteiger partial charge < -0.3 is 10.5 Å². The number of ether oxygens (including phenoxy) is 1. The fourth-order valence-corrected chi connectivity index (χ4v) is 0.887. The van der Waals surface area contributed by atoms with Crippen molar-refractivity contribution in [3.8, 4) is 5.75 Å². The molecule has 1 rings (SSSR count). The van der Waals surface area contributed by atoms with E-state index in [9.17, 15) is 0 Å². The van der Waals surface area contributed by atoms with Gasteiger partial charge in [0.1, 0.15) is 16.9 Å². The molecular weight excluding hydrogens is 176 g/mol. The van der Waals surface area contributed by atoms with Crippen molar-refractivity contribution >= 4 is 11.6 Å². The molecule has 1 unspecified atom stereocenters. The maximum atomic E-state index is 5.80. The van der Waals surface area contributed by atoms with Gasteiger partial charge in [-0.25, -0.2) is 0 Å². The third-order valence-corrected chi connectivity index (χ3v) is 1.68. The van der Waals surface area contributed by atoms with Gasteiger partial charge in [0.15, 0.2) is 0 Å². The van der Waals surface area contributed by atoms with E-state index < -0.39 is 0 Å². The summed E-state index contributed by atoms with van der Waals surface area (Å²) in [5, 5.41) is 0.512. The third kappa shape index (κ3) is 2.36. The highest BCUT2D eigenvalue weighted by Crippen LogP contribution is 2.22. The third-order valence-electron chi connectivity index (χ3n) is 1.40. The molecule has 66 valence electrons. The number of aromatic nitrogens is 1. The Morgan fingerprint density at radius 2 is 2.50 bits per heavy atom. The molecule has 4 heteroatoms. The zero-order chi connectivity index (χ0) is 8.97. The second kappa shape index (κ2) is 4.28. The molecule has 2 N–H and O–H groups in total. The fourth-order valence-electron chi connectivity index (χ4n) is 0.723. The number of pyridine rings is 1. The van der Waals surface area contributed by atoms with Crippen LogP contribution < -0.4 is 10.5 Å². The van der Waals surface area contributed by atoms with E-state index in [1.54, 1.807) is 18.5 Å². The van der Waals surface area contributed by atoms with Crippen molar-refractivity contribution in [1.29, 1.82) is 0 Å². The van der Waals surface area contributed by atoms with E-state index in [2.05, 4.69) is 4.98 Å².